The van der Waals surface area contributed by atoms with Gasteiger partial charge in [-0.25, -0.2) is 4.98 Å². The van der Waals surface area contributed by atoms with E-state index in [1.165, 1.54) is 11.3 Å². The molecule has 4 aromatic rings. The number of benzene rings is 2. The standard InChI is InChI=1S/C22H18BrN3O2S/c1-2-28-18-10-5-11-19-20(18)25-22(29-19)26(14-15-7-6-12-24-13-15)21(27)16-8-3-4-9-17(16)23/h3-13H,2,14H2,1H3. The van der Waals surface area contributed by atoms with Crippen molar-refractivity contribution in [3.8, 4) is 5.75 Å². The summed E-state index contributed by atoms with van der Waals surface area (Å²) in [5, 5.41) is 0.622. The van der Waals surface area contributed by atoms with E-state index in [1.807, 2.05) is 61.5 Å². The number of anilines is 1. The number of carbonyl (C=O) groups is 1. The van der Waals surface area contributed by atoms with Crippen molar-refractivity contribution in [2.24, 2.45) is 0 Å². The maximum atomic E-state index is 13.5. The highest BCUT2D eigenvalue weighted by molar-refractivity contribution is 9.10. The number of nitrogens with zero attached hydrogens (tertiary/aromatic N) is 3. The normalized spacial score (nSPS) is 10.8. The summed E-state index contributed by atoms with van der Waals surface area (Å²) >= 11 is 4.96. The van der Waals surface area contributed by atoms with Crippen LogP contribution in [0.25, 0.3) is 10.2 Å². The Bertz CT molecular complexity index is 1150. The number of ether oxygens (including phenoxy) is 1. The summed E-state index contributed by atoms with van der Waals surface area (Å²) in [4.78, 5) is 24.1. The molecule has 0 radical (unpaired) electrons. The van der Waals surface area contributed by atoms with Crippen LogP contribution in [0.4, 0.5) is 5.13 Å². The fourth-order valence-electron chi connectivity index (χ4n) is 2.98. The van der Waals surface area contributed by atoms with E-state index in [0.717, 1.165) is 26.0 Å². The van der Waals surface area contributed by atoms with Gasteiger partial charge in [-0.05, 0) is 58.7 Å². The third-order valence-electron chi connectivity index (χ3n) is 4.31. The molecule has 0 spiro atoms. The molecule has 2 aromatic heterocycles. The van der Waals surface area contributed by atoms with Gasteiger partial charge in [0.15, 0.2) is 5.13 Å². The summed E-state index contributed by atoms with van der Waals surface area (Å²) in [7, 11) is 0. The molecule has 0 unspecified atom stereocenters. The van der Waals surface area contributed by atoms with Crippen molar-refractivity contribution in [2.75, 3.05) is 11.5 Å². The average molecular weight is 468 g/mol. The lowest BCUT2D eigenvalue weighted by Crippen LogP contribution is -2.30. The van der Waals surface area contributed by atoms with Crippen LogP contribution in [-0.2, 0) is 6.54 Å². The lowest BCUT2D eigenvalue weighted by Gasteiger charge is -2.20. The molecule has 1 amide bonds. The number of carbonyl (C=O) groups excluding carboxylic acids is 1. The number of halogens is 1. The largest absolute Gasteiger partial charge is 0.492 e. The fourth-order valence-corrected chi connectivity index (χ4v) is 4.41. The fraction of sp³-hybridized carbons (Fsp3) is 0.136. The maximum Gasteiger partial charge on any atom is 0.261 e. The summed E-state index contributed by atoms with van der Waals surface area (Å²) in [6.07, 6.45) is 3.48. The zero-order chi connectivity index (χ0) is 20.2. The highest BCUT2D eigenvalue weighted by atomic mass is 79.9. The summed E-state index contributed by atoms with van der Waals surface area (Å²) in [5.41, 5.74) is 2.28. The molecule has 0 aliphatic heterocycles. The van der Waals surface area contributed by atoms with Crippen LogP contribution in [0.1, 0.15) is 22.8 Å². The van der Waals surface area contributed by atoms with Crippen molar-refractivity contribution in [3.63, 3.8) is 0 Å². The Morgan fingerprint density at radius 2 is 2.00 bits per heavy atom. The van der Waals surface area contributed by atoms with Crippen LogP contribution >= 0.6 is 27.3 Å². The van der Waals surface area contributed by atoms with Crippen LogP contribution in [0.15, 0.2) is 71.5 Å². The minimum Gasteiger partial charge on any atom is -0.492 e. The first-order valence-electron chi connectivity index (χ1n) is 9.15. The molecule has 7 heteroatoms. The number of hydrogen-bond acceptors (Lipinski definition) is 5. The molecule has 0 atom stereocenters. The van der Waals surface area contributed by atoms with Crippen LogP contribution in [0.5, 0.6) is 5.75 Å². The topological polar surface area (TPSA) is 55.3 Å². The molecule has 2 heterocycles. The number of pyridine rings is 1. The van der Waals surface area contributed by atoms with E-state index in [1.54, 1.807) is 17.3 Å². The molecule has 5 nitrogen and oxygen atoms in total. The van der Waals surface area contributed by atoms with Crippen LogP contribution in [0.3, 0.4) is 0 Å². The van der Waals surface area contributed by atoms with Gasteiger partial charge in [0.25, 0.3) is 5.91 Å². The number of amides is 1. The van der Waals surface area contributed by atoms with E-state index >= 15 is 0 Å². The Kier molecular flexibility index (Phi) is 5.87. The number of hydrogen-bond donors (Lipinski definition) is 0. The van der Waals surface area contributed by atoms with Crippen molar-refractivity contribution < 1.29 is 9.53 Å². The molecule has 0 saturated carbocycles. The molecular formula is C22H18BrN3O2S. The van der Waals surface area contributed by atoms with Gasteiger partial charge in [0, 0.05) is 16.9 Å². The van der Waals surface area contributed by atoms with E-state index < -0.39 is 0 Å². The first kappa shape index (κ1) is 19.5. The van der Waals surface area contributed by atoms with Crippen LogP contribution in [0.2, 0.25) is 0 Å². The average Bonchev–Trinajstić information content (AvgIpc) is 3.18. The second-order valence-corrected chi connectivity index (χ2v) is 8.13. The molecule has 0 N–H and O–H groups in total. The summed E-state index contributed by atoms with van der Waals surface area (Å²) in [6.45, 7) is 2.87. The van der Waals surface area contributed by atoms with Crippen LogP contribution in [0, 0.1) is 0 Å². The van der Waals surface area contributed by atoms with Gasteiger partial charge in [-0.1, -0.05) is 35.6 Å². The smallest absolute Gasteiger partial charge is 0.261 e. The van der Waals surface area contributed by atoms with Crippen molar-refractivity contribution in [2.45, 2.75) is 13.5 Å². The van der Waals surface area contributed by atoms with Gasteiger partial charge in [0.1, 0.15) is 11.3 Å². The van der Waals surface area contributed by atoms with Crippen LogP contribution in [-0.4, -0.2) is 22.5 Å². The summed E-state index contributed by atoms with van der Waals surface area (Å²) in [6, 6.07) is 17.1. The van der Waals surface area contributed by atoms with E-state index in [9.17, 15) is 4.79 Å². The Morgan fingerprint density at radius 1 is 1.14 bits per heavy atom. The molecule has 0 aliphatic rings. The number of thiazole rings is 1. The van der Waals surface area contributed by atoms with Crippen molar-refractivity contribution in [3.05, 3.63) is 82.6 Å². The van der Waals surface area contributed by atoms with Gasteiger partial charge in [-0.3, -0.25) is 14.7 Å². The molecular weight excluding hydrogens is 450 g/mol. The number of para-hydroxylation sites is 1. The van der Waals surface area contributed by atoms with E-state index in [0.29, 0.717) is 23.8 Å². The van der Waals surface area contributed by atoms with E-state index in [4.69, 9.17) is 9.72 Å². The summed E-state index contributed by atoms with van der Waals surface area (Å²) < 4.78 is 7.44. The first-order valence-corrected chi connectivity index (χ1v) is 10.8. The first-order chi connectivity index (χ1) is 14.2. The minimum atomic E-state index is -0.127. The molecule has 0 aliphatic carbocycles. The van der Waals surface area contributed by atoms with Gasteiger partial charge in [-0.15, -0.1) is 0 Å². The van der Waals surface area contributed by atoms with Gasteiger partial charge in [-0.2, -0.15) is 0 Å². The quantitative estimate of drug-likeness (QED) is 0.364. The Hall–Kier alpha value is -2.77. The third kappa shape index (κ3) is 4.16. The van der Waals surface area contributed by atoms with Gasteiger partial charge >= 0.3 is 0 Å². The van der Waals surface area contributed by atoms with Gasteiger partial charge in [0.05, 0.1) is 23.4 Å². The zero-order valence-corrected chi connectivity index (χ0v) is 18.1. The van der Waals surface area contributed by atoms with Gasteiger partial charge in [0.2, 0.25) is 0 Å². The zero-order valence-electron chi connectivity index (χ0n) is 15.7. The molecule has 0 bridgehead atoms. The van der Waals surface area contributed by atoms with Crippen molar-refractivity contribution >= 4 is 48.5 Å². The minimum absolute atomic E-state index is 0.127. The number of aromatic nitrogens is 2. The van der Waals surface area contributed by atoms with Crippen molar-refractivity contribution in [1.82, 2.24) is 9.97 Å². The third-order valence-corrected chi connectivity index (χ3v) is 6.05. The highest BCUT2D eigenvalue weighted by Crippen LogP contribution is 2.35. The lowest BCUT2D eigenvalue weighted by atomic mass is 10.2. The van der Waals surface area contributed by atoms with E-state index in [-0.39, 0.29) is 5.91 Å². The number of fused-ring (bicyclic) bond motifs is 1. The molecule has 0 saturated heterocycles. The second kappa shape index (κ2) is 8.71. The monoisotopic (exact) mass is 467 g/mol. The Balaban J connectivity index is 1.80. The molecule has 146 valence electrons. The Morgan fingerprint density at radius 3 is 2.76 bits per heavy atom. The predicted octanol–water partition coefficient (Wildman–Crippen LogP) is 5.70. The van der Waals surface area contributed by atoms with Crippen molar-refractivity contribution in [1.29, 1.82) is 0 Å². The second-order valence-electron chi connectivity index (χ2n) is 6.26. The predicted molar refractivity (Wildman–Crippen MR) is 120 cm³/mol. The SMILES string of the molecule is CCOc1cccc2sc(N(Cc3cccnc3)C(=O)c3ccccc3Br)nc12. The lowest BCUT2D eigenvalue weighted by molar-refractivity contribution is 0.0984. The molecule has 4 rings (SSSR count). The van der Waals surface area contributed by atoms with Crippen LogP contribution < -0.4 is 9.64 Å². The van der Waals surface area contributed by atoms with E-state index in [2.05, 4.69) is 20.9 Å². The number of rotatable bonds is 6. The molecule has 29 heavy (non-hydrogen) atoms. The summed E-state index contributed by atoms with van der Waals surface area (Å²) in [5.74, 6) is 0.598. The highest BCUT2D eigenvalue weighted by Gasteiger charge is 2.24. The molecule has 0 fully saturated rings. The maximum absolute atomic E-state index is 13.5. The Labute approximate surface area is 181 Å². The molecule has 2 aromatic carbocycles. The van der Waals surface area contributed by atoms with Gasteiger partial charge < -0.3 is 4.74 Å².